The number of carbonyl (C=O) groups excluding carboxylic acids is 1. The lowest BCUT2D eigenvalue weighted by molar-refractivity contribution is -0.116. The van der Waals surface area contributed by atoms with Gasteiger partial charge in [0.15, 0.2) is 0 Å². The standard InChI is InChI=1S/C13H12ClN3O4/c1-21-9-4-2-3-8(5-9)15-11(18)7-17-6-10(14)12(19)16-13(17)20/h2-6H,7H2,1H3,(H,15,18)(H,16,19,20). The summed E-state index contributed by atoms with van der Waals surface area (Å²) in [4.78, 5) is 36.6. The number of hydrogen-bond acceptors (Lipinski definition) is 4. The molecule has 2 aromatic rings. The Morgan fingerprint density at radius 2 is 2.19 bits per heavy atom. The van der Waals surface area contributed by atoms with Crippen LogP contribution in [-0.4, -0.2) is 22.6 Å². The highest BCUT2D eigenvalue weighted by molar-refractivity contribution is 6.30. The van der Waals surface area contributed by atoms with Gasteiger partial charge in [-0.05, 0) is 12.1 Å². The summed E-state index contributed by atoms with van der Waals surface area (Å²) < 4.78 is 6.05. The molecule has 0 aliphatic rings. The van der Waals surface area contributed by atoms with Gasteiger partial charge in [-0.25, -0.2) is 4.79 Å². The molecule has 0 unspecified atom stereocenters. The van der Waals surface area contributed by atoms with Crippen molar-refractivity contribution in [2.45, 2.75) is 6.54 Å². The van der Waals surface area contributed by atoms with Crippen molar-refractivity contribution in [3.05, 3.63) is 56.3 Å². The number of halogens is 1. The Bertz CT molecular complexity index is 781. The first-order valence-corrected chi connectivity index (χ1v) is 6.30. The SMILES string of the molecule is COc1cccc(NC(=O)Cn2cc(Cl)c(=O)[nH]c2=O)c1. The van der Waals surface area contributed by atoms with Gasteiger partial charge in [0.2, 0.25) is 5.91 Å². The van der Waals surface area contributed by atoms with E-state index in [1.165, 1.54) is 7.11 Å². The third-order valence-corrected chi connectivity index (χ3v) is 2.90. The number of anilines is 1. The smallest absolute Gasteiger partial charge is 0.328 e. The second-order valence-corrected chi connectivity index (χ2v) is 4.55. The fourth-order valence-corrected chi connectivity index (χ4v) is 1.82. The van der Waals surface area contributed by atoms with Gasteiger partial charge in [-0.1, -0.05) is 17.7 Å². The molecule has 1 aromatic heterocycles. The lowest BCUT2D eigenvalue weighted by Crippen LogP contribution is -2.33. The average molecular weight is 310 g/mol. The van der Waals surface area contributed by atoms with Crippen LogP contribution in [0.2, 0.25) is 5.02 Å². The average Bonchev–Trinajstić information content (AvgIpc) is 2.45. The highest BCUT2D eigenvalue weighted by Gasteiger charge is 2.08. The number of amides is 1. The van der Waals surface area contributed by atoms with Crippen LogP contribution in [0, 0.1) is 0 Å². The number of methoxy groups -OCH3 is 1. The fraction of sp³-hybridized carbons (Fsp3) is 0.154. The van der Waals surface area contributed by atoms with Gasteiger partial charge in [-0.15, -0.1) is 0 Å². The van der Waals surface area contributed by atoms with Crippen molar-refractivity contribution in [3.8, 4) is 5.75 Å². The van der Waals surface area contributed by atoms with E-state index in [9.17, 15) is 14.4 Å². The topological polar surface area (TPSA) is 93.2 Å². The van der Waals surface area contributed by atoms with Crippen molar-refractivity contribution in [3.63, 3.8) is 0 Å². The van der Waals surface area contributed by atoms with Crippen molar-refractivity contribution in [2.75, 3.05) is 12.4 Å². The number of ether oxygens (including phenoxy) is 1. The molecule has 0 aliphatic carbocycles. The first kappa shape index (κ1) is 14.9. The number of rotatable bonds is 4. The third-order valence-electron chi connectivity index (χ3n) is 2.63. The summed E-state index contributed by atoms with van der Waals surface area (Å²) in [6, 6.07) is 6.78. The number of hydrogen-bond donors (Lipinski definition) is 2. The molecule has 0 fully saturated rings. The van der Waals surface area contributed by atoms with Crippen LogP contribution in [0.3, 0.4) is 0 Å². The fourth-order valence-electron chi connectivity index (χ4n) is 1.66. The molecule has 2 N–H and O–H groups in total. The minimum absolute atomic E-state index is 0.163. The molecule has 0 radical (unpaired) electrons. The number of nitrogens with one attached hydrogen (secondary N) is 2. The Morgan fingerprint density at radius 1 is 1.43 bits per heavy atom. The van der Waals surface area contributed by atoms with Gasteiger partial charge in [-0.2, -0.15) is 0 Å². The number of aromatic amines is 1. The zero-order chi connectivity index (χ0) is 15.4. The molecule has 0 aliphatic heterocycles. The minimum Gasteiger partial charge on any atom is -0.497 e. The molecule has 1 heterocycles. The van der Waals surface area contributed by atoms with E-state index in [1.54, 1.807) is 24.3 Å². The molecule has 21 heavy (non-hydrogen) atoms. The van der Waals surface area contributed by atoms with E-state index < -0.39 is 17.2 Å². The van der Waals surface area contributed by atoms with Gasteiger partial charge in [0, 0.05) is 18.0 Å². The van der Waals surface area contributed by atoms with Gasteiger partial charge in [0.1, 0.15) is 17.3 Å². The number of nitrogens with zero attached hydrogens (tertiary/aromatic N) is 1. The molecule has 0 atom stereocenters. The summed E-state index contributed by atoms with van der Waals surface area (Å²) in [5, 5.41) is 2.45. The normalized spacial score (nSPS) is 10.2. The Kier molecular flexibility index (Phi) is 4.44. The molecule has 110 valence electrons. The van der Waals surface area contributed by atoms with Gasteiger partial charge in [-0.3, -0.25) is 19.1 Å². The monoisotopic (exact) mass is 309 g/mol. The second kappa shape index (κ2) is 6.27. The number of aromatic nitrogens is 2. The van der Waals surface area contributed by atoms with Crippen LogP contribution in [0.1, 0.15) is 0 Å². The summed E-state index contributed by atoms with van der Waals surface area (Å²) in [6.45, 7) is -0.271. The molecule has 2 rings (SSSR count). The van der Waals surface area contributed by atoms with Crippen LogP contribution in [-0.2, 0) is 11.3 Å². The Hall–Kier alpha value is -2.54. The maximum absolute atomic E-state index is 11.9. The zero-order valence-electron chi connectivity index (χ0n) is 11.1. The van der Waals surface area contributed by atoms with Gasteiger partial charge >= 0.3 is 5.69 Å². The lowest BCUT2D eigenvalue weighted by atomic mass is 10.3. The Balaban J connectivity index is 2.13. The summed E-state index contributed by atoms with van der Waals surface area (Å²) in [5.41, 5.74) is -0.862. The minimum atomic E-state index is -0.704. The van der Waals surface area contributed by atoms with Gasteiger partial charge in [0.25, 0.3) is 5.56 Å². The van der Waals surface area contributed by atoms with E-state index in [-0.39, 0.29) is 11.6 Å². The molecule has 7 nitrogen and oxygen atoms in total. The highest BCUT2D eigenvalue weighted by Crippen LogP contribution is 2.16. The van der Waals surface area contributed by atoms with Crippen LogP contribution < -0.4 is 21.3 Å². The summed E-state index contributed by atoms with van der Waals surface area (Å²) in [6.07, 6.45) is 1.12. The number of carbonyl (C=O) groups is 1. The lowest BCUT2D eigenvalue weighted by Gasteiger charge is -2.08. The van der Waals surface area contributed by atoms with Crippen molar-refractivity contribution < 1.29 is 9.53 Å². The molecule has 0 saturated heterocycles. The largest absolute Gasteiger partial charge is 0.497 e. The van der Waals surface area contributed by atoms with Crippen LogP contribution in [0.15, 0.2) is 40.1 Å². The Morgan fingerprint density at radius 3 is 2.90 bits per heavy atom. The van der Waals surface area contributed by atoms with Crippen molar-refractivity contribution in [1.82, 2.24) is 9.55 Å². The summed E-state index contributed by atoms with van der Waals surface area (Å²) >= 11 is 5.62. The van der Waals surface area contributed by atoms with E-state index >= 15 is 0 Å². The number of benzene rings is 1. The highest BCUT2D eigenvalue weighted by atomic mass is 35.5. The first-order chi connectivity index (χ1) is 9.99. The molecular weight excluding hydrogens is 298 g/mol. The van der Waals surface area contributed by atoms with Crippen LogP contribution in [0.4, 0.5) is 5.69 Å². The van der Waals surface area contributed by atoms with E-state index in [0.717, 1.165) is 10.8 Å². The molecular formula is C13H12ClN3O4. The van der Waals surface area contributed by atoms with Gasteiger partial charge < -0.3 is 10.1 Å². The van der Waals surface area contributed by atoms with E-state index in [4.69, 9.17) is 16.3 Å². The van der Waals surface area contributed by atoms with Crippen molar-refractivity contribution >= 4 is 23.2 Å². The van der Waals surface area contributed by atoms with Crippen LogP contribution in [0.5, 0.6) is 5.75 Å². The molecule has 1 aromatic carbocycles. The van der Waals surface area contributed by atoms with E-state index in [1.807, 2.05) is 4.98 Å². The predicted molar refractivity (Wildman–Crippen MR) is 78.0 cm³/mol. The second-order valence-electron chi connectivity index (χ2n) is 4.14. The van der Waals surface area contributed by atoms with Crippen molar-refractivity contribution in [1.29, 1.82) is 0 Å². The van der Waals surface area contributed by atoms with E-state index in [0.29, 0.717) is 11.4 Å². The molecule has 8 heteroatoms. The third kappa shape index (κ3) is 3.73. The summed E-state index contributed by atoms with van der Waals surface area (Å²) in [7, 11) is 1.52. The molecule has 0 bridgehead atoms. The quantitative estimate of drug-likeness (QED) is 0.875. The van der Waals surface area contributed by atoms with Crippen molar-refractivity contribution in [2.24, 2.45) is 0 Å². The van der Waals surface area contributed by atoms with Gasteiger partial charge in [0.05, 0.1) is 7.11 Å². The Labute approximate surface area is 124 Å². The number of H-pyrrole nitrogens is 1. The van der Waals surface area contributed by atoms with E-state index in [2.05, 4.69) is 5.32 Å². The van der Waals surface area contributed by atoms with Crippen LogP contribution >= 0.6 is 11.6 Å². The maximum Gasteiger partial charge on any atom is 0.328 e. The molecule has 1 amide bonds. The molecule has 0 saturated carbocycles. The maximum atomic E-state index is 11.9. The molecule has 0 spiro atoms. The first-order valence-electron chi connectivity index (χ1n) is 5.93. The van der Waals surface area contributed by atoms with Crippen LogP contribution in [0.25, 0.3) is 0 Å². The zero-order valence-corrected chi connectivity index (χ0v) is 11.8. The summed E-state index contributed by atoms with van der Waals surface area (Å²) in [5.74, 6) is 0.158. The predicted octanol–water partition coefficient (Wildman–Crippen LogP) is 0.837.